The Bertz CT molecular complexity index is 262. The van der Waals surface area contributed by atoms with Crippen LogP contribution in [-0.4, -0.2) is 57.2 Å². The summed E-state index contributed by atoms with van der Waals surface area (Å²) in [5, 5.41) is 8.72. The highest BCUT2D eigenvalue weighted by molar-refractivity contribution is 7.80. The first-order valence-electron chi connectivity index (χ1n) is 6.53. The molecule has 5 heteroatoms. The van der Waals surface area contributed by atoms with Crippen LogP contribution in [-0.2, 0) is 9.47 Å². The van der Waals surface area contributed by atoms with Crippen molar-refractivity contribution in [2.24, 2.45) is 5.41 Å². The standard InChI is InChI=1S/C13H24N2O2S/c1-16-10-7-15(6-2-5-14)11-13(12-18)3-8-17-9-4-13/h18H,2-4,6-12H2,1H3. The highest BCUT2D eigenvalue weighted by Crippen LogP contribution is 2.32. The van der Waals surface area contributed by atoms with Gasteiger partial charge in [0.15, 0.2) is 0 Å². The molecule has 0 aromatic rings. The van der Waals surface area contributed by atoms with Gasteiger partial charge in [0, 0.05) is 46.4 Å². The number of hydrogen-bond acceptors (Lipinski definition) is 5. The molecule has 0 unspecified atom stereocenters. The lowest BCUT2D eigenvalue weighted by Crippen LogP contribution is -2.44. The first-order valence-corrected chi connectivity index (χ1v) is 7.16. The van der Waals surface area contributed by atoms with Crippen LogP contribution in [0.15, 0.2) is 0 Å². The molecule has 0 radical (unpaired) electrons. The van der Waals surface area contributed by atoms with Crippen molar-refractivity contribution in [2.45, 2.75) is 19.3 Å². The minimum absolute atomic E-state index is 0.241. The van der Waals surface area contributed by atoms with Crippen LogP contribution in [0.25, 0.3) is 0 Å². The quantitative estimate of drug-likeness (QED) is 0.681. The van der Waals surface area contributed by atoms with Gasteiger partial charge in [-0.15, -0.1) is 0 Å². The molecule has 0 aromatic heterocycles. The van der Waals surface area contributed by atoms with Gasteiger partial charge in [0.25, 0.3) is 0 Å². The zero-order valence-electron chi connectivity index (χ0n) is 11.2. The third-order valence-corrected chi connectivity index (χ3v) is 4.27. The summed E-state index contributed by atoms with van der Waals surface area (Å²) in [6, 6.07) is 2.22. The predicted octanol–water partition coefficient (Wildman–Crippen LogP) is 1.58. The number of nitrogens with zero attached hydrogens (tertiary/aromatic N) is 2. The molecular weight excluding hydrogens is 248 g/mol. The topological polar surface area (TPSA) is 45.5 Å². The normalized spacial score (nSPS) is 18.8. The van der Waals surface area contributed by atoms with E-state index in [2.05, 4.69) is 23.6 Å². The van der Waals surface area contributed by atoms with Crippen molar-refractivity contribution in [2.75, 3.05) is 52.3 Å². The fraction of sp³-hybridized carbons (Fsp3) is 0.923. The van der Waals surface area contributed by atoms with E-state index in [0.717, 1.165) is 51.4 Å². The highest BCUT2D eigenvalue weighted by atomic mass is 32.1. The predicted molar refractivity (Wildman–Crippen MR) is 74.9 cm³/mol. The molecule has 1 aliphatic rings. The van der Waals surface area contributed by atoms with E-state index in [0.29, 0.717) is 13.0 Å². The molecule has 0 saturated carbocycles. The number of thiol groups is 1. The monoisotopic (exact) mass is 272 g/mol. The molecule has 0 bridgehead atoms. The third kappa shape index (κ3) is 5.15. The first-order chi connectivity index (χ1) is 8.76. The molecule has 0 amide bonds. The summed E-state index contributed by atoms with van der Waals surface area (Å²) >= 11 is 4.53. The van der Waals surface area contributed by atoms with Crippen molar-refractivity contribution in [3.05, 3.63) is 0 Å². The number of methoxy groups -OCH3 is 1. The van der Waals surface area contributed by atoms with Gasteiger partial charge in [-0.2, -0.15) is 17.9 Å². The summed E-state index contributed by atoms with van der Waals surface area (Å²) in [4.78, 5) is 2.33. The van der Waals surface area contributed by atoms with Gasteiger partial charge in [-0.05, 0) is 24.0 Å². The molecule has 1 aliphatic heterocycles. The van der Waals surface area contributed by atoms with E-state index in [1.165, 1.54) is 0 Å². The number of ether oxygens (including phenoxy) is 2. The molecule has 1 saturated heterocycles. The van der Waals surface area contributed by atoms with E-state index >= 15 is 0 Å². The number of nitriles is 1. The molecule has 1 heterocycles. The zero-order valence-corrected chi connectivity index (χ0v) is 12.1. The minimum Gasteiger partial charge on any atom is -0.383 e. The van der Waals surface area contributed by atoms with Crippen LogP contribution < -0.4 is 0 Å². The van der Waals surface area contributed by atoms with E-state index in [4.69, 9.17) is 14.7 Å². The lowest BCUT2D eigenvalue weighted by molar-refractivity contribution is 0.00452. The largest absolute Gasteiger partial charge is 0.383 e. The number of rotatable bonds is 8. The lowest BCUT2D eigenvalue weighted by Gasteiger charge is -2.40. The summed E-state index contributed by atoms with van der Waals surface area (Å²) in [6.07, 6.45) is 2.70. The Morgan fingerprint density at radius 2 is 2.11 bits per heavy atom. The molecular formula is C13H24N2O2S. The van der Waals surface area contributed by atoms with Gasteiger partial charge >= 0.3 is 0 Å². The van der Waals surface area contributed by atoms with Gasteiger partial charge in [0.05, 0.1) is 12.7 Å². The summed E-state index contributed by atoms with van der Waals surface area (Å²) in [7, 11) is 1.71. The third-order valence-electron chi connectivity index (χ3n) is 3.60. The Kier molecular flexibility index (Phi) is 7.68. The van der Waals surface area contributed by atoms with Crippen LogP contribution in [0, 0.1) is 16.7 Å². The molecule has 1 rings (SSSR count). The highest BCUT2D eigenvalue weighted by Gasteiger charge is 2.32. The molecule has 4 nitrogen and oxygen atoms in total. The van der Waals surface area contributed by atoms with Crippen LogP contribution in [0.4, 0.5) is 0 Å². The van der Waals surface area contributed by atoms with E-state index in [-0.39, 0.29) is 5.41 Å². The van der Waals surface area contributed by atoms with Gasteiger partial charge < -0.3 is 9.47 Å². The Balaban J connectivity index is 2.52. The second-order valence-electron chi connectivity index (χ2n) is 4.95. The van der Waals surface area contributed by atoms with Gasteiger partial charge in [0.2, 0.25) is 0 Å². The van der Waals surface area contributed by atoms with Crippen molar-refractivity contribution < 1.29 is 9.47 Å². The van der Waals surface area contributed by atoms with Crippen molar-refractivity contribution in [1.29, 1.82) is 5.26 Å². The maximum atomic E-state index is 8.72. The minimum atomic E-state index is 0.241. The molecule has 0 aromatic carbocycles. The Hall–Kier alpha value is -0.280. The fourth-order valence-electron chi connectivity index (χ4n) is 2.34. The average Bonchev–Trinajstić information content (AvgIpc) is 2.43. The van der Waals surface area contributed by atoms with Crippen molar-refractivity contribution in [3.63, 3.8) is 0 Å². The maximum Gasteiger partial charge on any atom is 0.0635 e. The zero-order chi connectivity index (χ0) is 13.3. The number of hydrogen-bond donors (Lipinski definition) is 1. The van der Waals surface area contributed by atoms with Crippen LogP contribution in [0.5, 0.6) is 0 Å². The maximum absolute atomic E-state index is 8.72. The van der Waals surface area contributed by atoms with Gasteiger partial charge in [-0.25, -0.2) is 0 Å². The van der Waals surface area contributed by atoms with E-state index in [9.17, 15) is 0 Å². The molecule has 104 valence electrons. The van der Waals surface area contributed by atoms with Crippen LogP contribution in [0.2, 0.25) is 0 Å². The van der Waals surface area contributed by atoms with Crippen LogP contribution in [0.3, 0.4) is 0 Å². The van der Waals surface area contributed by atoms with Crippen molar-refractivity contribution in [1.82, 2.24) is 4.90 Å². The SMILES string of the molecule is COCCN(CCC#N)CC1(CS)CCOCC1. The Morgan fingerprint density at radius 1 is 1.39 bits per heavy atom. The molecule has 18 heavy (non-hydrogen) atoms. The fourth-order valence-corrected chi connectivity index (χ4v) is 2.76. The van der Waals surface area contributed by atoms with E-state index < -0.39 is 0 Å². The summed E-state index contributed by atoms with van der Waals surface area (Å²) in [6.45, 7) is 5.06. The van der Waals surface area contributed by atoms with E-state index in [1.807, 2.05) is 0 Å². The molecule has 0 spiro atoms. The van der Waals surface area contributed by atoms with Gasteiger partial charge in [0.1, 0.15) is 0 Å². The molecule has 0 N–H and O–H groups in total. The average molecular weight is 272 g/mol. The smallest absolute Gasteiger partial charge is 0.0635 e. The van der Waals surface area contributed by atoms with Crippen LogP contribution in [0.1, 0.15) is 19.3 Å². The van der Waals surface area contributed by atoms with Gasteiger partial charge in [-0.1, -0.05) is 0 Å². The van der Waals surface area contributed by atoms with Crippen LogP contribution >= 0.6 is 12.6 Å². The summed E-state index contributed by atoms with van der Waals surface area (Å²) in [5.41, 5.74) is 0.241. The molecule has 0 aliphatic carbocycles. The van der Waals surface area contributed by atoms with Crippen molar-refractivity contribution in [3.8, 4) is 6.07 Å². The summed E-state index contributed by atoms with van der Waals surface area (Å²) in [5.74, 6) is 0.881. The second-order valence-corrected chi connectivity index (χ2v) is 5.26. The molecule has 1 fully saturated rings. The lowest BCUT2D eigenvalue weighted by atomic mass is 9.81. The molecule has 0 atom stereocenters. The first kappa shape index (κ1) is 15.8. The van der Waals surface area contributed by atoms with Crippen molar-refractivity contribution >= 4 is 12.6 Å². The Morgan fingerprint density at radius 3 is 2.67 bits per heavy atom. The van der Waals surface area contributed by atoms with E-state index in [1.54, 1.807) is 7.11 Å². The Labute approximate surface area is 116 Å². The second kappa shape index (κ2) is 8.76. The van der Waals surface area contributed by atoms with Gasteiger partial charge in [-0.3, -0.25) is 4.90 Å². The summed E-state index contributed by atoms with van der Waals surface area (Å²) < 4.78 is 10.6.